The third kappa shape index (κ3) is 3.32. The van der Waals surface area contributed by atoms with E-state index >= 15 is 0 Å². The van der Waals surface area contributed by atoms with Crippen molar-refractivity contribution >= 4 is 13.2 Å². The normalized spacial score (nSPS) is 13.2. The second-order valence-corrected chi connectivity index (χ2v) is 10.4. The Morgan fingerprint density at radius 2 is 1.38 bits per heavy atom. The fourth-order valence-corrected chi connectivity index (χ4v) is 6.68. The molecule has 0 atom stereocenters. The molecule has 0 aliphatic heterocycles. The zero-order chi connectivity index (χ0) is 12.6. The van der Waals surface area contributed by atoms with E-state index in [9.17, 15) is 0 Å². The molecule has 0 saturated heterocycles. The second kappa shape index (κ2) is 4.49. The Bertz CT molecular complexity index is 338. The molecule has 0 radical (unpaired) electrons. The van der Waals surface area contributed by atoms with Crippen molar-refractivity contribution in [1.29, 1.82) is 0 Å². The van der Waals surface area contributed by atoms with E-state index in [1.54, 1.807) is 0 Å². The van der Waals surface area contributed by atoms with Crippen molar-refractivity contribution < 1.29 is 0 Å². The van der Waals surface area contributed by atoms with E-state index in [0.29, 0.717) is 10.3 Å². The van der Waals surface area contributed by atoms with Gasteiger partial charge in [-0.15, -0.1) is 0 Å². The molecule has 1 aromatic rings. The van der Waals surface area contributed by atoms with Crippen LogP contribution in [-0.4, -0.2) is 10.3 Å². The van der Waals surface area contributed by atoms with Crippen molar-refractivity contribution in [2.24, 2.45) is 0 Å². The predicted molar refractivity (Wildman–Crippen MR) is 77.2 cm³/mol. The molecular weight excluding hydrogens is 211 g/mol. The van der Waals surface area contributed by atoms with Gasteiger partial charge in [0.05, 0.1) is 0 Å². The van der Waals surface area contributed by atoms with Gasteiger partial charge in [0.2, 0.25) is 0 Å². The molecule has 0 aliphatic carbocycles. The van der Waals surface area contributed by atoms with E-state index in [1.807, 2.05) is 0 Å². The van der Waals surface area contributed by atoms with E-state index in [1.165, 1.54) is 10.9 Å². The molecule has 0 amide bonds. The van der Waals surface area contributed by atoms with Gasteiger partial charge in [-0.1, -0.05) is 79.3 Å². The number of hydrogen-bond acceptors (Lipinski definition) is 0. The van der Waals surface area contributed by atoms with Crippen LogP contribution in [0.15, 0.2) is 24.3 Å². The van der Waals surface area contributed by atoms with Crippen LogP contribution in [0.1, 0.15) is 47.1 Å². The van der Waals surface area contributed by atoms with Gasteiger partial charge in [-0.05, 0) is 22.5 Å². The topological polar surface area (TPSA) is 0 Å². The predicted octanol–water partition coefficient (Wildman–Crippen LogP) is 4.70. The zero-order valence-corrected chi connectivity index (χ0v) is 12.7. The summed E-state index contributed by atoms with van der Waals surface area (Å²) >= 11 is 0. The quantitative estimate of drug-likeness (QED) is 0.620. The molecule has 0 aromatic heterocycles. The van der Waals surface area contributed by atoms with Crippen molar-refractivity contribution in [3.63, 3.8) is 0 Å². The Morgan fingerprint density at radius 1 is 0.875 bits per heavy atom. The minimum absolute atomic E-state index is 0.154. The number of hydrogen-bond donors (Lipinski definition) is 0. The molecule has 0 heterocycles. The number of benzene rings is 1. The lowest BCUT2D eigenvalue weighted by molar-refractivity contribution is 0.715. The molecule has 0 fully saturated rings. The summed E-state index contributed by atoms with van der Waals surface area (Å²) in [4.78, 5) is 0. The lowest BCUT2D eigenvalue weighted by Gasteiger charge is -2.41. The van der Waals surface area contributed by atoms with Crippen LogP contribution in [0.5, 0.6) is 0 Å². The van der Waals surface area contributed by atoms with Gasteiger partial charge in [0.1, 0.15) is 0 Å². The third-order valence-electron chi connectivity index (χ3n) is 2.60. The van der Waals surface area contributed by atoms with Gasteiger partial charge < -0.3 is 0 Å². The molecule has 90 valence electrons. The van der Waals surface area contributed by atoms with E-state index < -0.39 is 0 Å². The first-order valence-electron chi connectivity index (χ1n) is 5.99. The van der Waals surface area contributed by atoms with E-state index in [0.717, 1.165) is 0 Å². The van der Waals surface area contributed by atoms with Gasteiger partial charge in [0.25, 0.3) is 0 Å². The smallest absolute Gasteiger partial charge is 0.0134 e. The minimum Gasteiger partial charge on any atom is -0.0643 e. The maximum absolute atomic E-state index is 2.37. The summed E-state index contributed by atoms with van der Waals surface area (Å²) in [6.45, 7) is 16.4. The van der Waals surface area contributed by atoms with Crippen LogP contribution in [-0.2, 0) is 0 Å². The average molecular weight is 236 g/mol. The molecule has 1 rings (SSSR count). The van der Waals surface area contributed by atoms with Gasteiger partial charge in [-0.2, -0.15) is 0 Å². The van der Waals surface area contributed by atoms with Crippen LogP contribution < -0.4 is 5.30 Å². The van der Waals surface area contributed by atoms with E-state index in [2.05, 4.69) is 72.7 Å². The maximum Gasteiger partial charge on any atom is -0.0134 e. The van der Waals surface area contributed by atoms with E-state index in [4.69, 9.17) is 0 Å². The summed E-state index contributed by atoms with van der Waals surface area (Å²) in [5.74, 6) is 0. The number of aryl methyl sites for hydroxylation is 1. The first-order valence-corrected chi connectivity index (χ1v) is 7.33. The molecule has 0 aliphatic rings. The molecule has 16 heavy (non-hydrogen) atoms. The van der Waals surface area contributed by atoms with Crippen molar-refractivity contribution in [3.05, 3.63) is 29.8 Å². The van der Waals surface area contributed by atoms with Crippen molar-refractivity contribution in [1.82, 2.24) is 0 Å². The summed E-state index contributed by atoms with van der Waals surface area (Å²) in [7, 11) is -0.154. The molecule has 0 N–H and O–H groups in total. The monoisotopic (exact) mass is 236 g/mol. The first-order chi connectivity index (χ1) is 7.12. The average Bonchev–Trinajstić information content (AvgIpc) is 1.97. The van der Waals surface area contributed by atoms with Gasteiger partial charge in [-0.3, -0.25) is 0 Å². The van der Waals surface area contributed by atoms with Crippen molar-refractivity contribution in [2.45, 2.75) is 58.8 Å². The molecular formula is C15H25P. The summed E-state index contributed by atoms with van der Waals surface area (Å²) in [5.41, 5.74) is 1.37. The highest BCUT2D eigenvalue weighted by Gasteiger charge is 2.35. The highest BCUT2D eigenvalue weighted by atomic mass is 31.1. The van der Waals surface area contributed by atoms with Crippen molar-refractivity contribution in [3.8, 4) is 0 Å². The molecule has 0 spiro atoms. The van der Waals surface area contributed by atoms with E-state index in [-0.39, 0.29) is 7.92 Å². The Labute approximate surface area is 102 Å². The molecule has 1 aromatic carbocycles. The second-order valence-electron chi connectivity index (χ2n) is 6.52. The Morgan fingerprint density at radius 3 is 1.75 bits per heavy atom. The van der Waals surface area contributed by atoms with Crippen molar-refractivity contribution in [2.75, 3.05) is 0 Å². The molecule has 0 saturated carbocycles. The lowest BCUT2D eigenvalue weighted by atomic mass is 10.2. The van der Waals surface area contributed by atoms with Gasteiger partial charge in [0.15, 0.2) is 0 Å². The van der Waals surface area contributed by atoms with Crippen LogP contribution in [0.2, 0.25) is 0 Å². The maximum atomic E-state index is 2.37. The fourth-order valence-electron chi connectivity index (χ4n) is 2.55. The molecule has 0 bridgehead atoms. The highest BCUT2D eigenvalue weighted by Crippen LogP contribution is 2.58. The largest absolute Gasteiger partial charge is 0.0643 e. The van der Waals surface area contributed by atoms with Gasteiger partial charge in [0, 0.05) is 0 Å². The minimum atomic E-state index is -0.154. The molecule has 0 unspecified atom stereocenters. The van der Waals surface area contributed by atoms with Gasteiger partial charge >= 0.3 is 0 Å². The summed E-state index contributed by atoms with van der Waals surface area (Å²) in [5, 5.41) is 2.26. The Kier molecular flexibility index (Phi) is 3.85. The molecule has 1 heteroatoms. The highest BCUT2D eigenvalue weighted by molar-refractivity contribution is 7.68. The SMILES string of the molecule is Cc1cccc(P(C(C)(C)C)C(C)(C)C)c1. The zero-order valence-electron chi connectivity index (χ0n) is 11.8. The van der Waals surface area contributed by atoms with Gasteiger partial charge in [-0.25, -0.2) is 0 Å². The van der Waals surface area contributed by atoms with Crippen LogP contribution >= 0.6 is 7.92 Å². The summed E-state index contributed by atoms with van der Waals surface area (Å²) in [6, 6.07) is 9.04. The third-order valence-corrected chi connectivity index (χ3v) is 6.08. The standard InChI is InChI=1S/C15H25P/c1-12-9-8-10-13(11-12)16(14(2,3)4)15(5,6)7/h8-11H,1-7H3. The van der Waals surface area contributed by atoms with Crippen LogP contribution in [0.25, 0.3) is 0 Å². The van der Waals surface area contributed by atoms with Crippen LogP contribution in [0.4, 0.5) is 0 Å². The van der Waals surface area contributed by atoms with Crippen LogP contribution in [0, 0.1) is 6.92 Å². The Balaban J connectivity index is 3.23. The number of rotatable bonds is 1. The first kappa shape index (κ1) is 13.7. The summed E-state index contributed by atoms with van der Waals surface area (Å²) < 4.78 is 0. The Hall–Kier alpha value is -0.350. The fraction of sp³-hybridized carbons (Fsp3) is 0.600. The van der Waals surface area contributed by atoms with Crippen LogP contribution in [0.3, 0.4) is 0 Å². The lowest BCUT2D eigenvalue weighted by Crippen LogP contribution is -2.31. The molecule has 0 nitrogen and oxygen atoms in total. The summed E-state index contributed by atoms with van der Waals surface area (Å²) in [6.07, 6.45) is 0.